The zero-order chi connectivity index (χ0) is 31.9. The minimum atomic E-state index is -0.663. The summed E-state index contributed by atoms with van der Waals surface area (Å²) in [4.78, 5) is 26.4. The number of unbranched alkanes of at least 4 members (excludes halogenated alkanes) is 1. The lowest BCUT2D eigenvalue weighted by molar-refractivity contribution is -0.162. The van der Waals surface area contributed by atoms with Crippen LogP contribution in [0.15, 0.2) is 60.8 Å². The number of carbonyl (C=O) groups is 2. The Labute approximate surface area is 265 Å². The third kappa shape index (κ3) is 19.6. The molecule has 1 aliphatic rings. The normalized spacial score (nSPS) is 29.1. The summed E-state index contributed by atoms with van der Waals surface area (Å²) in [6, 6.07) is 0.268. The second-order valence-electron chi connectivity index (χ2n) is 13.4. The molecule has 1 aliphatic heterocycles. The summed E-state index contributed by atoms with van der Waals surface area (Å²) in [7, 11) is 0. The maximum Gasteiger partial charge on any atom is 0.309 e. The van der Waals surface area contributed by atoms with Gasteiger partial charge in [0.25, 0.3) is 0 Å². The molecular weight excluding hydrogens is 530 g/mol. The van der Waals surface area contributed by atoms with Crippen molar-refractivity contribution in [3.05, 3.63) is 60.8 Å². The summed E-state index contributed by atoms with van der Waals surface area (Å²) in [5.74, 6) is 1.33. The second kappa shape index (κ2) is 24.2. The van der Waals surface area contributed by atoms with E-state index in [1.165, 1.54) is 6.42 Å². The molecule has 0 aromatic carbocycles. The van der Waals surface area contributed by atoms with E-state index in [2.05, 4.69) is 108 Å². The number of Topliss-reactive ketones (excluding diaryl/α,β-unsaturated/α-hetero) is 1. The highest BCUT2D eigenvalue weighted by molar-refractivity contribution is 5.86. The number of hydrogen-bond donors (Lipinski definition) is 1. The molecule has 0 aliphatic carbocycles. The highest BCUT2D eigenvalue weighted by Gasteiger charge is 2.32. The molecule has 0 saturated carbocycles. The number of ketones is 1. The van der Waals surface area contributed by atoms with E-state index in [4.69, 9.17) is 4.74 Å². The fraction of sp³-hybridized carbons (Fsp3) is 0.692. The van der Waals surface area contributed by atoms with Gasteiger partial charge >= 0.3 is 5.97 Å². The average molecular weight is 596 g/mol. The Balaban J connectivity index is 2.53. The molecule has 7 unspecified atom stereocenters. The van der Waals surface area contributed by atoms with Crippen molar-refractivity contribution < 1.29 is 14.3 Å². The molecule has 0 spiro atoms. The standard InChI is InChI=1S/C39H65NO3/c1-8-9-10-11-12-13-14-15-16-17-18-19-20-21-22-23-24-25-37(41)38-34(5)29-36(7)40-30-33(4)27-31(2)26-32(3)28-35(6)39(42)43-38/h9-10,12-13,15-16,18-19,21-22,31-36,38,40H,8,11,14,17,20,23-30H2,1-7H3/b10-9-,13-12-,16-15-,19-18-,22-21-. The number of allylic oxidation sites excluding steroid dienone is 10. The SMILES string of the molecule is CC/C=C\C/C=C\C/C=C\C/C=C\C/C=C\CCCC(=O)C1OC(=O)C(C)CC(C)CC(C)CC(C)CNC(C)CC1C. The van der Waals surface area contributed by atoms with Crippen LogP contribution in [-0.4, -0.2) is 30.4 Å². The Morgan fingerprint density at radius 2 is 1.23 bits per heavy atom. The molecule has 0 radical (unpaired) electrons. The van der Waals surface area contributed by atoms with Gasteiger partial charge in [0.1, 0.15) is 0 Å². The predicted molar refractivity (Wildman–Crippen MR) is 185 cm³/mol. The van der Waals surface area contributed by atoms with Crippen LogP contribution < -0.4 is 5.32 Å². The van der Waals surface area contributed by atoms with Crippen LogP contribution in [0.3, 0.4) is 0 Å². The van der Waals surface area contributed by atoms with E-state index >= 15 is 0 Å². The maximum atomic E-state index is 13.3. The van der Waals surface area contributed by atoms with E-state index < -0.39 is 6.10 Å². The number of ether oxygens (including phenoxy) is 1. The van der Waals surface area contributed by atoms with Gasteiger partial charge in [0.2, 0.25) is 0 Å². The van der Waals surface area contributed by atoms with Crippen LogP contribution >= 0.6 is 0 Å². The summed E-state index contributed by atoms with van der Waals surface area (Å²) < 4.78 is 5.99. The van der Waals surface area contributed by atoms with Crippen molar-refractivity contribution in [1.29, 1.82) is 0 Å². The van der Waals surface area contributed by atoms with E-state index in [1.807, 2.05) is 6.92 Å². The molecule has 1 N–H and O–H groups in total. The van der Waals surface area contributed by atoms with Crippen molar-refractivity contribution in [3.63, 3.8) is 0 Å². The van der Waals surface area contributed by atoms with Crippen LogP contribution in [-0.2, 0) is 14.3 Å². The first-order valence-electron chi connectivity index (χ1n) is 17.3. The minimum absolute atomic E-state index is 0.0170. The van der Waals surface area contributed by atoms with Gasteiger partial charge in [0.15, 0.2) is 11.9 Å². The molecule has 1 saturated heterocycles. The van der Waals surface area contributed by atoms with E-state index in [0.717, 1.165) is 70.8 Å². The zero-order valence-electron chi connectivity index (χ0n) is 28.7. The molecule has 0 amide bonds. The highest BCUT2D eigenvalue weighted by Crippen LogP contribution is 2.27. The lowest BCUT2D eigenvalue weighted by Gasteiger charge is -2.27. The molecule has 43 heavy (non-hydrogen) atoms. The quantitative estimate of drug-likeness (QED) is 0.123. The average Bonchev–Trinajstić information content (AvgIpc) is 2.95. The Morgan fingerprint density at radius 1 is 0.721 bits per heavy atom. The van der Waals surface area contributed by atoms with Gasteiger partial charge in [-0.05, 0) is 102 Å². The lowest BCUT2D eigenvalue weighted by Crippen LogP contribution is -2.39. The predicted octanol–water partition coefficient (Wildman–Crippen LogP) is 10.1. The molecule has 1 fully saturated rings. The topological polar surface area (TPSA) is 55.4 Å². The first-order chi connectivity index (χ1) is 20.6. The van der Waals surface area contributed by atoms with Gasteiger partial charge < -0.3 is 10.1 Å². The van der Waals surface area contributed by atoms with Crippen molar-refractivity contribution in [2.45, 2.75) is 138 Å². The number of cyclic esters (lactones) is 1. The number of carbonyl (C=O) groups excluding carboxylic acids is 2. The van der Waals surface area contributed by atoms with Crippen LogP contribution in [0.4, 0.5) is 0 Å². The van der Waals surface area contributed by atoms with Crippen molar-refractivity contribution in [3.8, 4) is 0 Å². The third-order valence-corrected chi connectivity index (χ3v) is 8.34. The first kappa shape index (κ1) is 38.8. The molecule has 0 bridgehead atoms. The molecule has 7 atom stereocenters. The van der Waals surface area contributed by atoms with Crippen LogP contribution in [0, 0.1) is 29.6 Å². The highest BCUT2D eigenvalue weighted by atomic mass is 16.5. The van der Waals surface area contributed by atoms with E-state index in [-0.39, 0.29) is 29.6 Å². The molecule has 1 rings (SSSR count). The van der Waals surface area contributed by atoms with E-state index in [0.29, 0.717) is 24.2 Å². The van der Waals surface area contributed by atoms with Crippen LogP contribution in [0.2, 0.25) is 0 Å². The largest absolute Gasteiger partial charge is 0.454 e. The van der Waals surface area contributed by atoms with Crippen molar-refractivity contribution in [2.24, 2.45) is 29.6 Å². The first-order valence-corrected chi connectivity index (χ1v) is 17.3. The van der Waals surface area contributed by atoms with Gasteiger partial charge in [-0.15, -0.1) is 0 Å². The molecule has 0 aromatic heterocycles. The maximum absolute atomic E-state index is 13.3. The molecular formula is C39H65NO3. The molecule has 4 heteroatoms. The van der Waals surface area contributed by atoms with Gasteiger partial charge in [-0.3, -0.25) is 9.59 Å². The summed E-state index contributed by atoms with van der Waals surface area (Å²) in [5, 5.41) is 3.67. The number of rotatable bonds is 14. The lowest BCUT2D eigenvalue weighted by atomic mass is 9.85. The van der Waals surface area contributed by atoms with E-state index in [9.17, 15) is 9.59 Å². The van der Waals surface area contributed by atoms with Gasteiger partial charge in [0, 0.05) is 18.4 Å². The molecule has 4 nitrogen and oxygen atoms in total. The smallest absolute Gasteiger partial charge is 0.309 e. The zero-order valence-corrected chi connectivity index (χ0v) is 28.7. The van der Waals surface area contributed by atoms with Crippen molar-refractivity contribution >= 4 is 11.8 Å². The number of nitrogens with one attached hydrogen (secondary N) is 1. The summed E-state index contributed by atoms with van der Waals surface area (Å²) >= 11 is 0. The summed E-state index contributed by atoms with van der Waals surface area (Å²) in [6.07, 6.45) is 32.3. The third-order valence-electron chi connectivity index (χ3n) is 8.34. The molecule has 244 valence electrons. The van der Waals surface area contributed by atoms with E-state index in [1.54, 1.807) is 0 Å². The summed E-state index contributed by atoms with van der Waals surface area (Å²) in [5.41, 5.74) is 0. The second-order valence-corrected chi connectivity index (χ2v) is 13.4. The molecule has 0 aromatic rings. The Hall–Kier alpha value is -2.20. The Bertz CT molecular complexity index is 898. The van der Waals surface area contributed by atoms with Crippen LogP contribution in [0.5, 0.6) is 0 Å². The summed E-state index contributed by atoms with van der Waals surface area (Å²) in [6.45, 7) is 16.2. The fourth-order valence-corrected chi connectivity index (χ4v) is 6.16. The Kier molecular flexibility index (Phi) is 21.8. The van der Waals surface area contributed by atoms with Gasteiger partial charge in [0.05, 0.1) is 5.92 Å². The monoisotopic (exact) mass is 595 g/mol. The van der Waals surface area contributed by atoms with Crippen molar-refractivity contribution in [2.75, 3.05) is 6.54 Å². The minimum Gasteiger partial charge on any atom is -0.454 e. The van der Waals surface area contributed by atoms with Crippen LogP contribution in [0.1, 0.15) is 126 Å². The number of esters is 1. The fourth-order valence-electron chi connectivity index (χ4n) is 6.16. The Morgan fingerprint density at radius 3 is 1.81 bits per heavy atom. The molecule has 1 heterocycles. The van der Waals surface area contributed by atoms with Crippen molar-refractivity contribution in [1.82, 2.24) is 5.32 Å². The van der Waals surface area contributed by atoms with Gasteiger partial charge in [-0.25, -0.2) is 0 Å². The number of hydrogen-bond acceptors (Lipinski definition) is 4. The van der Waals surface area contributed by atoms with Gasteiger partial charge in [-0.1, -0.05) is 102 Å². The van der Waals surface area contributed by atoms with Gasteiger partial charge in [-0.2, -0.15) is 0 Å². The van der Waals surface area contributed by atoms with Crippen LogP contribution in [0.25, 0.3) is 0 Å².